The summed E-state index contributed by atoms with van der Waals surface area (Å²) >= 11 is 0. The normalized spacial score (nSPS) is 32.6. The van der Waals surface area contributed by atoms with Gasteiger partial charge >= 0.3 is 0 Å². The van der Waals surface area contributed by atoms with E-state index < -0.39 is 17.2 Å². The molecule has 114 valence electrons. The molecule has 3 rings (SSSR count). The van der Waals surface area contributed by atoms with Gasteiger partial charge in [0.25, 0.3) is 5.92 Å². The van der Waals surface area contributed by atoms with Crippen molar-refractivity contribution in [1.29, 1.82) is 0 Å². The first kappa shape index (κ1) is 14.4. The molecule has 2 saturated heterocycles. The van der Waals surface area contributed by atoms with Crippen LogP contribution in [-0.2, 0) is 4.79 Å². The van der Waals surface area contributed by atoms with Gasteiger partial charge in [-0.25, -0.2) is 13.2 Å². The third kappa shape index (κ3) is 2.05. The summed E-state index contributed by atoms with van der Waals surface area (Å²) < 4.78 is 41.1. The Hall–Kier alpha value is -1.52. The Morgan fingerprint density at radius 2 is 2.05 bits per heavy atom. The van der Waals surface area contributed by atoms with Crippen LogP contribution < -0.4 is 0 Å². The molecule has 0 bridgehead atoms. The van der Waals surface area contributed by atoms with E-state index in [0.29, 0.717) is 18.4 Å². The van der Waals surface area contributed by atoms with Crippen LogP contribution in [-0.4, -0.2) is 22.8 Å². The summed E-state index contributed by atoms with van der Waals surface area (Å²) in [6.07, 6.45) is 1.56. The fourth-order valence-corrected chi connectivity index (χ4v) is 3.64. The molecule has 1 aromatic carbocycles. The van der Waals surface area contributed by atoms with Crippen molar-refractivity contribution in [2.24, 2.45) is 5.41 Å². The molecule has 2 aliphatic rings. The smallest absolute Gasteiger partial charge is 0.259 e. The third-order valence-electron chi connectivity index (χ3n) is 5.06. The maximum absolute atomic E-state index is 13.9. The van der Waals surface area contributed by atoms with Crippen LogP contribution in [0.3, 0.4) is 0 Å². The Kier molecular flexibility index (Phi) is 3.08. The Labute approximate surface area is 121 Å². The molecule has 21 heavy (non-hydrogen) atoms. The van der Waals surface area contributed by atoms with Crippen molar-refractivity contribution in [3.63, 3.8) is 0 Å². The van der Waals surface area contributed by atoms with Gasteiger partial charge in [0.15, 0.2) is 0 Å². The number of halogens is 3. The molecule has 2 nitrogen and oxygen atoms in total. The predicted octanol–water partition coefficient (Wildman–Crippen LogP) is 3.92. The summed E-state index contributed by atoms with van der Waals surface area (Å²) in [6, 6.07) is 5.62. The second-order valence-electron chi connectivity index (χ2n) is 6.44. The molecule has 1 amide bonds. The summed E-state index contributed by atoms with van der Waals surface area (Å²) in [5.41, 5.74) is -0.960. The van der Waals surface area contributed by atoms with Gasteiger partial charge in [-0.2, -0.15) is 0 Å². The summed E-state index contributed by atoms with van der Waals surface area (Å²) in [6.45, 7) is 2.15. The van der Waals surface area contributed by atoms with E-state index in [0.717, 1.165) is 6.92 Å². The molecule has 0 aromatic heterocycles. The SMILES string of the molecule is CC(F)(F)[C@@]1(C)C[C@@H]2CC[C@@H](c3cccc(F)c3)N2C1=O. The highest BCUT2D eigenvalue weighted by Crippen LogP contribution is 2.54. The number of carbonyl (C=O) groups is 1. The number of carbonyl (C=O) groups excluding carboxylic acids is 1. The van der Waals surface area contributed by atoms with Gasteiger partial charge in [-0.1, -0.05) is 12.1 Å². The number of rotatable bonds is 2. The molecular formula is C16H18F3NO. The van der Waals surface area contributed by atoms with Gasteiger partial charge in [-0.3, -0.25) is 4.79 Å². The number of hydrogen-bond donors (Lipinski definition) is 0. The highest BCUT2D eigenvalue weighted by Gasteiger charge is 2.62. The third-order valence-corrected chi connectivity index (χ3v) is 5.06. The Morgan fingerprint density at radius 1 is 1.33 bits per heavy atom. The lowest BCUT2D eigenvalue weighted by atomic mass is 9.80. The van der Waals surface area contributed by atoms with Gasteiger partial charge < -0.3 is 4.90 Å². The van der Waals surface area contributed by atoms with Crippen LogP contribution >= 0.6 is 0 Å². The number of amides is 1. The monoisotopic (exact) mass is 297 g/mol. The number of fused-ring (bicyclic) bond motifs is 1. The number of nitrogens with zero attached hydrogens (tertiary/aromatic N) is 1. The van der Waals surface area contributed by atoms with Gasteiger partial charge in [0.05, 0.1) is 6.04 Å². The fourth-order valence-electron chi connectivity index (χ4n) is 3.64. The zero-order valence-corrected chi connectivity index (χ0v) is 12.1. The van der Waals surface area contributed by atoms with Gasteiger partial charge in [-0.05, 0) is 43.9 Å². The van der Waals surface area contributed by atoms with E-state index >= 15 is 0 Å². The van der Waals surface area contributed by atoms with Crippen molar-refractivity contribution in [1.82, 2.24) is 4.90 Å². The van der Waals surface area contributed by atoms with E-state index in [1.807, 2.05) is 0 Å². The van der Waals surface area contributed by atoms with Gasteiger partial charge in [0, 0.05) is 13.0 Å². The average Bonchev–Trinajstić information content (AvgIpc) is 2.89. The minimum absolute atomic E-state index is 0.165. The highest BCUT2D eigenvalue weighted by molar-refractivity contribution is 5.87. The maximum atomic E-state index is 13.9. The number of benzene rings is 1. The van der Waals surface area contributed by atoms with Crippen molar-refractivity contribution >= 4 is 5.91 Å². The molecule has 2 fully saturated rings. The van der Waals surface area contributed by atoms with E-state index in [1.165, 1.54) is 19.1 Å². The first-order valence-corrected chi connectivity index (χ1v) is 7.20. The van der Waals surface area contributed by atoms with Gasteiger partial charge in [0.1, 0.15) is 11.2 Å². The van der Waals surface area contributed by atoms with E-state index in [9.17, 15) is 18.0 Å². The topological polar surface area (TPSA) is 20.3 Å². The average molecular weight is 297 g/mol. The minimum atomic E-state index is -3.05. The summed E-state index contributed by atoms with van der Waals surface area (Å²) in [5.74, 6) is -3.93. The van der Waals surface area contributed by atoms with Crippen LogP contribution in [0.25, 0.3) is 0 Å². The summed E-state index contributed by atoms with van der Waals surface area (Å²) in [4.78, 5) is 14.1. The van der Waals surface area contributed by atoms with Crippen LogP contribution in [0.5, 0.6) is 0 Å². The standard InChI is InChI=1S/C16H18F3NO/c1-15(16(2,18)19)9-12-6-7-13(20(12)14(15)21)10-4-3-5-11(17)8-10/h3-5,8,12-13H,6-7,9H2,1-2H3/t12-,13-,15-/m0/s1. The second kappa shape index (κ2) is 4.49. The van der Waals surface area contributed by atoms with E-state index in [2.05, 4.69) is 0 Å². The molecule has 1 aromatic rings. The Balaban J connectivity index is 1.95. The summed E-state index contributed by atoms with van der Waals surface area (Å²) in [7, 11) is 0. The lowest BCUT2D eigenvalue weighted by Gasteiger charge is -2.31. The number of hydrogen-bond acceptors (Lipinski definition) is 1. The fraction of sp³-hybridized carbons (Fsp3) is 0.562. The van der Waals surface area contributed by atoms with Gasteiger partial charge in [0.2, 0.25) is 5.91 Å². The molecular weight excluding hydrogens is 279 g/mol. The van der Waals surface area contributed by atoms with Crippen molar-refractivity contribution in [3.8, 4) is 0 Å². The minimum Gasteiger partial charge on any atom is -0.332 e. The molecule has 2 heterocycles. The molecule has 0 N–H and O–H groups in total. The first-order valence-electron chi connectivity index (χ1n) is 7.20. The Morgan fingerprint density at radius 3 is 2.67 bits per heavy atom. The second-order valence-corrected chi connectivity index (χ2v) is 6.44. The largest absolute Gasteiger partial charge is 0.332 e. The molecule has 3 atom stereocenters. The molecule has 0 spiro atoms. The van der Waals surface area contributed by atoms with Crippen molar-refractivity contribution in [2.45, 2.75) is 51.1 Å². The van der Waals surface area contributed by atoms with Crippen molar-refractivity contribution in [2.75, 3.05) is 0 Å². The Bertz CT molecular complexity index is 583. The first-order chi connectivity index (χ1) is 9.74. The summed E-state index contributed by atoms with van der Waals surface area (Å²) in [5, 5.41) is 0. The van der Waals surface area contributed by atoms with Crippen LogP contribution in [0.15, 0.2) is 24.3 Å². The lowest BCUT2D eigenvalue weighted by molar-refractivity contribution is -0.156. The zero-order chi connectivity index (χ0) is 15.4. The lowest BCUT2D eigenvalue weighted by Crippen LogP contribution is -2.44. The van der Waals surface area contributed by atoms with Gasteiger partial charge in [-0.15, -0.1) is 0 Å². The molecule has 0 saturated carbocycles. The van der Waals surface area contributed by atoms with E-state index in [1.54, 1.807) is 17.0 Å². The maximum Gasteiger partial charge on any atom is 0.259 e. The molecule has 0 radical (unpaired) electrons. The van der Waals surface area contributed by atoms with Crippen molar-refractivity contribution in [3.05, 3.63) is 35.6 Å². The highest BCUT2D eigenvalue weighted by atomic mass is 19.3. The van der Waals surface area contributed by atoms with Crippen molar-refractivity contribution < 1.29 is 18.0 Å². The molecule has 5 heteroatoms. The van der Waals surface area contributed by atoms with Crippen LogP contribution in [0, 0.1) is 11.2 Å². The predicted molar refractivity (Wildman–Crippen MR) is 72.4 cm³/mol. The molecule has 0 aliphatic carbocycles. The van der Waals surface area contributed by atoms with Crippen LogP contribution in [0.1, 0.15) is 44.7 Å². The zero-order valence-electron chi connectivity index (χ0n) is 12.1. The number of alkyl halides is 2. The molecule has 0 unspecified atom stereocenters. The van der Waals surface area contributed by atoms with E-state index in [-0.39, 0.29) is 24.3 Å². The van der Waals surface area contributed by atoms with Crippen LogP contribution in [0.2, 0.25) is 0 Å². The van der Waals surface area contributed by atoms with Crippen LogP contribution in [0.4, 0.5) is 13.2 Å². The van der Waals surface area contributed by atoms with E-state index in [4.69, 9.17) is 0 Å². The molecule has 2 aliphatic heterocycles. The quantitative estimate of drug-likeness (QED) is 0.810.